The molecule has 1 amide bonds. The number of nitrogens with one attached hydrogen (secondary N) is 1. The number of rotatable bonds is 8. The Morgan fingerprint density at radius 3 is 2.58 bits per heavy atom. The number of carbonyl (C=O) groups excluding carboxylic acids is 2. The molecule has 0 aliphatic carbocycles. The number of Topliss-reactive ketones (excluding diaryl/α,β-unsaturated/α-hetero) is 1. The molecule has 0 spiro atoms. The van der Waals surface area contributed by atoms with Crippen LogP contribution >= 0.6 is 0 Å². The number of aromatic nitrogens is 1. The van der Waals surface area contributed by atoms with E-state index in [2.05, 4.69) is 4.98 Å². The molecule has 33 heavy (non-hydrogen) atoms. The van der Waals surface area contributed by atoms with Gasteiger partial charge in [0.2, 0.25) is 0 Å². The summed E-state index contributed by atoms with van der Waals surface area (Å²) >= 11 is 0. The molecule has 1 unspecified atom stereocenters. The number of aryl methyl sites for hydroxylation is 1. The van der Waals surface area contributed by atoms with Gasteiger partial charge in [-0.3, -0.25) is 9.59 Å². The van der Waals surface area contributed by atoms with Crippen LogP contribution in [0, 0.1) is 0 Å². The third-order valence-electron chi connectivity index (χ3n) is 6.20. The SMILES string of the molecule is O=C(CCc1ccccc1)C1=C(O)C(=O)N(CCc2c[nH]c3ccccc23)C1c1ccco1. The van der Waals surface area contributed by atoms with Crippen molar-refractivity contribution in [3.8, 4) is 0 Å². The number of hydrogen-bond acceptors (Lipinski definition) is 4. The monoisotopic (exact) mass is 440 g/mol. The van der Waals surface area contributed by atoms with Crippen molar-refractivity contribution in [3.05, 3.63) is 107 Å². The van der Waals surface area contributed by atoms with Crippen LogP contribution in [0.25, 0.3) is 10.9 Å². The number of benzene rings is 2. The summed E-state index contributed by atoms with van der Waals surface area (Å²) in [6, 6.07) is 20.4. The van der Waals surface area contributed by atoms with Crippen LogP contribution in [0.4, 0.5) is 0 Å². The number of aromatic amines is 1. The number of para-hydroxylation sites is 1. The van der Waals surface area contributed by atoms with E-state index >= 15 is 0 Å². The molecule has 166 valence electrons. The number of aliphatic hydroxyl groups is 1. The normalized spacial score (nSPS) is 16.2. The van der Waals surface area contributed by atoms with Crippen molar-refractivity contribution in [2.45, 2.75) is 25.3 Å². The second-order valence-electron chi connectivity index (χ2n) is 8.20. The first-order chi connectivity index (χ1) is 16.1. The number of H-pyrrole nitrogens is 1. The van der Waals surface area contributed by atoms with Crippen molar-refractivity contribution in [1.82, 2.24) is 9.88 Å². The van der Waals surface area contributed by atoms with Crippen LogP contribution in [-0.4, -0.2) is 33.2 Å². The summed E-state index contributed by atoms with van der Waals surface area (Å²) in [7, 11) is 0. The van der Waals surface area contributed by atoms with E-state index < -0.39 is 17.7 Å². The van der Waals surface area contributed by atoms with Crippen LogP contribution in [0.3, 0.4) is 0 Å². The summed E-state index contributed by atoms with van der Waals surface area (Å²) in [5, 5.41) is 11.8. The van der Waals surface area contributed by atoms with Gasteiger partial charge in [-0.2, -0.15) is 0 Å². The maximum Gasteiger partial charge on any atom is 0.290 e. The zero-order valence-electron chi connectivity index (χ0n) is 18.0. The Bertz CT molecular complexity index is 1320. The van der Waals surface area contributed by atoms with Crippen molar-refractivity contribution < 1.29 is 19.1 Å². The first kappa shape index (κ1) is 20.8. The zero-order valence-corrected chi connectivity index (χ0v) is 18.0. The fourth-order valence-corrected chi connectivity index (χ4v) is 4.53. The van der Waals surface area contributed by atoms with Gasteiger partial charge in [0.1, 0.15) is 11.8 Å². The molecule has 1 aliphatic heterocycles. The van der Waals surface area contributed by atoms with Crippen LogP contribution < -0.4 is 0 Å². The number of amides is 1. The summed E-state index contributed by atoms with van der Waals surface area (Å²) in [6.07, 6.45) is 4.76. The number of carbonyl (C=O) groups is 2. The molecule has 0 saturated heterocycles. The van der Waals surface area contributed by atoms with E-state index in [9.17, 15) is 14.7 Å². The van der Waals surface area contributed by atoms with Crippen molar-refractivity contribution in [2.24, 2.45) is 0 Å². The molecule has 0 bridgehead atoms. The Hall–Kier alpha value is -4.06. The van der Waals surface area contributed by atoms with Gasteiger partial charge in [-0.25, -0.2) is 0 Å². The molecule has 5 rings (SSSR count). The molecular formula is C27H24N2O4. The predicted molar refractivity (Wildman–Crippen MR) is 125 cm³/mol. The fourth-order valence-electron chi connectivity index (χ4n) is 4.53. The maximum atomic E-state index is 13.2. The highest BCUT2D eigenvalue weighted by atomic mass is 16.3. The number of nitrogens with zero attached hydrogens (tertiary/aromatic N) is 1. The van der Waals surface area contributed by atoms with Gasteiger partial charge in [-0.1, -0.05) is 48.5 Å². The average Bonchev–Trinajstić information content (AvgIpc) is 3.57. The minimum atomic E-state index is -0.735. The molecule has 3 heterocycles. The highest BCUT2D eigenvalue weighted by Gasteiger charge is 2.44. The van der Waals surface area contributed by atoms with Gasteiger partial charge in [0.25, 0.3) is 5.91 Å². The van der Waals surface area contributed by atoms with Gasteiger partial charge in [0, 0.05) is 30.1 Å². The summed E-state index contributed by atoms with van der Waals surface area (Å²) in [4.78, 5) is 31.0. The molecule has 2 N–H and O–H groups in total. The van der Waals surface area contributed by atoms with E-state index in [1.165, 1.54) is 11.2 Å². The number of hydrogen-bond donors (Lipinski definition) is 2. The lowest BCUT2D eigenvalue weighted by molar-refractivity contribution is -0.129. The Kier molecular flexibility index (Phi) is 5.57. The predicted octanol–water partition coefficient (Wildman–Crippen LogP) is 4.90. The quantitative estimate of drug-likeness (QED) is 0.408. The molecule has 0 fully saturated rings. The summed E-state index contributed by atoms with van der Waals surface area (Å²) in [6.45, 7) is 0.339. The van der Waals surface area contributed by atoms with Crippen molar-refractivity contribution in [1.29, 1.82) is 0 Å². The lowest BCUT2D eigenvalue weighted by atomic mass is 9.96. The molecule has 2 aromatic heterocycles. The molecule has 1 atom stereocenters. The fraction of sp³-hybridized carbons (Fsp3) is 0.185. The van der Waals surface area contributed by atoms with E-state index in [0.29, 0.717) is 25.1 Å². The minimum Gasteiger partial charge on any atom is -0.503 e. The molecule has 6 heteroatoms. The first-order valence-corrected chi connectivity index (χ1v) is 11.0. The first-order valence-electron chi connectivity index (χ1n) is 11.0. The molecule has 1 aliphatic rings. The lowest BCUT2D eigenvalue weighted by Gasteiger charge is -2.24. The van der Waals surface area contributed by atoms with Crippen LogP contribution in [-0.2, 0) is 22.4 Å². The van der Waals surface area contributed by atoms with Crippen molar-refractivity contribution in [2.75, 3.05) is 6.54 Å². The van der Waals surface area contributed by atoms with Crippen LogP contribution in [0.15, 0.2) is 94.9 Å². The Morgan fingerprint density at radius 1 is 1.00 bits per heavy atom. The second-order valence-corrected chi connectivity index (χ2v) is 8.20. The van der Waals surface area contributed by atoms with Gasteiger partial charge in [-0.05, 0) is 42.2 Å². The standard InChI is InChI=1S/C27H24N2O4/c30-22(13-12-18-7-2-1-3-8-18)24-25(23-11-6-16-33-23)29(27(32)26(24)31)15-14-19-17-28-21-10-5-4-9-20(19)21/h1-11,16-17,25,28,31H,12-15H2. The van der Waals surface area contributed by atoms with Crippen LogP contribution in [0.5, 0.6) is 0 Å². The molecule has 2 aromatic carbocycles. The van der Waals surface area contributed by atoms with E-state index in [1.54, 1.807) is 12.1 Å². The van der Waals surface area contributed by atoms with E-state index in [4.69, 9.17) is 4.42 Å². The minimum absolute atomic E-state index is 0.116. The van der Waals surface area contributed by atoms with Crippen LogP contribution in [0.2, 0.25) is 0 Å². The maximum absolute atomic E-state index is 13.2. The van der Waals surface area contributed by atoms with Gasteiger partial charge < -0.3 is 19.4 Å². The Labute approximate surface area is 191 Å². The third kappa shape index (κ3) is 3.96. The number of ketones is 1. The number of furan rings is 1. The second kappa shape index (κ2) is 8.82. The smallest absolute Gasteiger partial charge is 0.290 e. The van der Waals surface area contributed by atoms with Crippen molar-refractivity contribution in [3.63, 3.8) is 0 Å². The summed E-state index contributed by atoms with van der Waals surface area (Å²) in [5.74, 6) is -0.803. The number of aliphatic hydroxyl groups excluding tert-OH is 1. The van der Waals surface area contributed by atoms with E-state index in [0.717, 1.165) is 22.0 Å². The van der Waals surface area contributed by atoms with E-state index in [1.807, 2.05) is 60.8 Å². The van der Waals surface area contributed by atoms with Gasteiger partial charge in [-0.15, -0.1) is 0 Å². The summed E-state index contributed by atoms with van der Waals surface area (Å²) in [5.41, 5.74) is 3.24. The Balaban J connectivity index is 1.39. The number of fused-ring (bicyclic) bond motifs is 1. The zero-order chi connectivity index (χ0) is 22.8. The molecule has 4 aromatic rings. The highest BCUT2D eigenvalue weighted by molar-refractivity contribution is 6.08. The highest BCUT2D eigenvalue weighted by Crippen LogP contribution is 2.38. The molecule has 6 nitrogen and oxygen atoms in total. The van der Waals surface area contributed by atoms with Gasteiger partial charge in [0.15, 0.2) is 11.5 Å². The van der Waals surface area contributed by atoms with E-state index in [-0.39, 0.29) is 17.8 Å². The topological polar surface area (TPSA) is 86.5 Å². The lowest BCUT2D eigenvalue weighted by Crippen LogP contribution is -2.32. The Morgan fingerprint density at radius 2 is 1.79 bits per heavy atom. The van der Waals surface area contributed by atoms with Crippen LogP contribution in [0.1, 0.15) is 29.3 Å². The van der Waals surface area contributed by atoms with Crippen molar-refractivity contribution >= 4 is 22.6 Å². The molecule has 0 radical (unpaired) electrons. The molecule has 0 saturated carbocycles. The average molecular weight is 440 g/mol. The summed E-state index contributed by atoms with van der Waals surface area (Å²) < 4.78 is 5.60. The van der Waals surface area contributed by atoms with Gasteiger partial charge >= 0.3 is 0 Å². The third-order valence-corrected chi connectivity index (χ3v) is 6.20. The molecular weight excluding hydrogens is 416 g/mol. The van der Waals surface area contributed by atoms with Gasteiger partial charge in [0.05, 0.1) is 11.8 Å². The largest absolute Gasteiger partial charge is 0.503 e.